The zero-order chi connectivity index (χ0) is 20.2. The number of carbonyl (C=O) groups excluding carboxylic acids is 1. The topological polar surface area (TPSA) is 122 Å². The molecule has 0 unspecified atom stereocenters. The van der Waals surface area contributed by atoms with Crippen molar-refractivity contribution < 1.29 is 18.1 Å². The van der Waals surface area contributed by atoms with Crippen molar-refractivity contribution in [3.05, 3.63) is 58.1 Å². The van der Waals surface area contributed by atoms with E-state index in [-0.39, 0.29) is 17.1 Å². The summed E-state index contributed by atoms with van der Waals surface area (Å²) in [5.41, 5.74) is 1.24. The van der Waals surface area contributed by atoms with E-state index in [1.165, 1.54) is 38.4 Å². The van der Waals surface area contributed by atoms with Crippen molar-refractivity contribution in [2.45, 2.75) is 11.8 Å². The van der Waals surface area contributed by atoms with Gasteiger partial charge in [0.25, 0.3) is 5.69 Å². The van der Waals surface area contributed by atoms with Crippen molar-refractivity contribution in [2.75, 3.05) is 31.3 Å². The number of carbonyl (C=O) groups is 1. The summed E-state index contributed by atoms with van der Waals surface area (Å²) in [7, 11) is -0.710. The maximum absolute atomic E-state index is 12.3. The van der Waals surface area contributed by atoms with E-state index in [1.54, 1.807) is 25.1 Å². The molecule has 0 spiro atoms. The molecule has 0 bridgehead atoms. The van der Waals surface area contributed by atoms with Crippen LogP contribution in [0.15, 0.2) is 47.4 Å². The molecule has 0 aliphatic carbocycles. The highest BCUT2D eigenvalue weighted by atomic mass is 32.2. The lowest BCUT2D eigenvalue weighted by atomic mass is 10.2. The molecule has 0 aliphatic rings. The predicted octanol–water partition coefficient (Wildman–Crippen LogP) is 2.20. The van der Waals surface area contributed by atoms with Gasteiger partial charge in [0.05, 0.1) is 16.4 Å². The number of rotatable bonds is 7. The first-order chi connectivity index (χ1) is 12.6. The predicted molar refractivity (Wildman–Crippen MR) is 102 cm³/mol. The molecule has 2 aromatic rings. The first kappa shape index (κ1) is 20.3. The molecule has 0 atom stereocenters. The average Bonchev–Trinajstić information content (AvgIpc) is 2.60. The van der Waals surface area contributed by atoms with Crippen molar-refractivity contribution in [1.82, 2.24) is 4.31 Å². The van der Waals surface area contributed by atoms with Gasteiger partial charge < -0.3 is 10.6 Å². The van der Waals surface area contributed by atoms with Gasteiger partial charge in [-0.15, -0.1) is 0 Å². The van der Waals surface area contributed by atoms with E-state index < -0.39 is 20.9 Å². The molecule has 2 N–H and O–H groups in total. The third kappa shape index (κ3) is 5.02. The van der Waals surface area contributed by atoms with E-state index in [9.17, 15) is 23.3 Å². The minimum absolute atomic E-state index is 0.127. The van der Waals surface area contributed by atoms with Crippen LogP contribution in [-0.2, 0) is 14.8 Å². The van der Waals surface area contributed by atoms with Crippen molar-refractivity contribution in [1.29, 1.82) is 0 Å². The van der Waals surface area contributed by atoms with Crippen LogP contribution >= 0.6 is 0 Å². The standard InChI is InChI=1S/C17H20N4O5S/c1-12-7-8-13(10-16(12)27(25,26)20(2)3)18-11-17(22)19-14-5-4-6-15(9-14)21(23)24/h4-10,18H,11H2,1-3H3,(H,19,22). The third-order valence-corrected chi connectivity index (χ3v) is 5.70. The smallest absolute Gasteiger partial charge is 0.271 e. The molecule has 10 heteroatoms. The SMILES string of the molecule is Cc1ccc(NCC(=O)Nc2cccc([N+](=O)[O-])c2)cc1S(=O)(=O)N(C)C. The summed E-state index contributed by atoms with van der Waals surface area (Å²) in [6, 6.07) is 10.4. The van der Waals surface area contributed by atoms with Crippen LogP contribution in [0.2, 0.25) is 0 Å². The van der Waals surface area contributed by atoms with Gasteiger partial charge in [0, 0.05) is 37.6 Å². The summed E-state index contributed by atoms with van der Waals surface area (Å²) >= 11 is 0. The van der Waals surface area contributed by atoms with Crippen molar-refractivity contribution >= 4 is 33.0 Å². The number of nitrogens with zero attached hydrogens (tertiary/aromatic N) is 2. The number of nitrogens with one attached hydrogen (secondary N) is 2. The molecule has 0 saturated heterocycles. The maximum Gasteiger partial charge on any atom is 0.271 e. The number of amides is 1. The lowest BCUT2D eigenvalue weighted by molar-refractivity contribution is -0.384. The quantitative estimate of drug-likeness (QED) is 0.550. The summed E-state index contributed by atoms with van der Waals surface area (Å²) < 4.78 is 25.8. The Morgan fingerprint density at radius 2 is 1.85 bits per heavy atom. The molecule has 1 amide bonds. The van der Waals surface area contributed by atoms with E-state index in [0.717, 1.165) is 4.31 Å². The van der Waals surface area contributed by atoms with Crippen LogP contribution in [0.4, 0.5) is 17.1 Å². The summed E-state index contributed by atoms with van der Waals surface area (Å²) in [4.78, 5) is 22.4. The van der Waals surface area contributed by atoms with Gasteiger partial charge in [-0.2, -0.15) is 0 Å². The number of hydrogen-bond donors (Lipinski definition) is 2. The van der Waals surface area contributed by atoms with Crippen LogP contribution < -0.4 is 10.6 Å². The number of benzene rings is 2. The van der Waals surface area contributed by atoms with E-state index in [2.05, 4.69) is 10.6 Å². The zero-order valence-corrected chi connectivity index (χ0v) is 15.9. The maximum atomic E-state index is 12.3. The molecule has 0 heterocycles. The van der Waals surface area contributed by atoms with Crippen LogP contribution in [0.1, 0.15) is 5.56 Å². The van der Waals surface area contributed by atoms with Crippen LogP contribution in [-0.4, -0.2) is 44.2 Å². The minimum atomic E-state index is -3.60. The number of non-ortho nitro benzene ring substituents is 1. The van der Waals surface area contributed by atoms with Crippen LogP contribution in [0.3, 0.4) is 0 Å². The molecular formula is C17H20N4O5S. The molecule has 27 heavy (non-hydrogen) atoms. The van der Waals surface area contributed by atoms with Gasteiger partial charge >= 0.3 is 0 Å². The fraction of sp³-hybridized carbons (Fsp3) is 0.235. The van der Waals surface area contributed by atoms with Gasteiger partial charge in [-0.05, 0) is 30.7 Å². The van der Waals surface area contributed by atoms with Gasteiger partial charge in [0.15, 0.2) is 0 Å². The lowest BCUT2D eigenvalue weighted by Crippen LogP contribution is -2.24. The second-order valence-corrected chi connectivity index (χ2v) is 8.10. The number of nitro benzene ring substituents is 1. The summed E-state index contributed by atoms with van der Waals surface area (Å²) in [5, 5.41) is 16.2. The average molecular weight is 392 g/mol. The summed E-state index contributed by atoms with van der Waals surface area (Å²) in [5.74, 6) is -0.423. The minimum Gasteiger partial charge on any atom is -0.376 e. The Bertz CT molecular complexity index is 973. The molecule has 0 aromatic heterocycles. The van der Waals surface area contributed by atoms with E-state index in [4.69, 9.17) is 0 Å². The summed E-state index contributed by atoms with van der Waals surface area (Å²) in [6.07, 6.45) is 0. The van der Waals surface area contributed by atoms with Gasteiger partial charge in [-0.3, -0.25) is 14.9 Å². The van der Waals surface area contributed by atoms with Gasteiger partial charge in [-0.1, -0.05) is 12.1 Å². The molecule has 0 aliphatic heterocycles. The highest BCUT2D eigenvalue weighted by Gasteiger charge is 2.20. The Hall–Kier alpha value is -2.98. The Labute approximate surface area is 157 Å². The molecule has 9 nitrogen and oxygen atoms in total. The first-order valence-corrected chi connectivity index (χ1v) is 9.36. The van der Waals surface area contributed by atoms with Gasteiger partial charge in [-0.25, -0.2) is 12.7 Å². The molecular weight excluding hydrogens is 372 g/mol. The molecule has 0 fully saturated rings. The molecule has 0 radical (unpaired) electrons. The number of hydrogen-bond acceptors (Lipinski definition) is 6. The number of anilines is 2. The Kier molecular flexibility index (Phi) is 6.13. The largest absolute Gasteiger partial charge is 0.376 e. The van der Waals surface area contributed by atoms with Crippen LogP contribution in [0, 0.1) is 17.0 Å². The van der Waals surface area contributed by atoms with E-state index >= 15 is 0 Å². The fourth-order valence-electron chi connectivity index (χ4n) is 2.27. The number of sulfonamides is 1. The van der Waals surface area contributed by atoms with E-state index in [0.29, 0.717) is 16.9 Å². The Balaban J connectivity index is 2.07. The number of aryl methyl sites for hydroxylation is 1. The molecule has 2 rings (SSSR count). The highest BCUT2D eigenvalue weighted by Crippen LogP contribution is 2.22. The van der Waals surface area contributed by atoms with Crippen LogP contribution in [0.5, 0.6) is 0 Å². The second-order valence-electron chi connectivity index (χ2n) is 5.98. The van der Waals surface area contributed by atoms with Crippen molar-refractivity contribution in [3.63, 3.8) is 0 Å². The second kappa shape index (κ2) is 8.14. The first-order valence-electron chi connectivity index (χ1n) is 7.92. The van der Waals surface area contributed by atoms with Crippen molar-refractivity contribution in [3.8, 4) is 0 Å². The summed E-state index contributed by atoms with van der Waals surface area (Å²) in [6.45, 7) is 1.56. The molecule has 2 aromatic carbocycles. The van der Waals surface area contributed by atoms with Gasteiger partial charge in [0.2, 0.25) is 15.9 Å². The molecule has 0 saturated carbocycles. The van der Waals surface area contributed by atoms with Crippen LogP contribution in [0.25, 0.3) is 0 Å². The van der Waals surface area contributed by atoms with E-state index in [1.807, 2.05) is 0 Å². The monoisotopic (exact) mass is 392 g/mol. The fourth-order valence-corrected chi connectivity index (χ4v) is 3.41. The number of nitro groups is 1. The molecule has 144 valence electrons. The third-order valence-electron chi connectivity index (χ3n) is 3.74. The Morgan fingerprint density at radius 1 is 1.15 bits per heavy atom. The van der Waals surface area contributed by atoms with Gasteiger partial charge in [0.1, 0.15) is 0 Å². The Morgan fingerprint density at radius 3 is 2.48 bits per heavy atom. The van der Waals surface area contributed by atoms with Crippen molar-refractivity contribution in [2.24, 2.45) is 0 Å². The zero-order valence-electron chi connectivity index (χ0n) is 15.1. The lowest BCUT2D eigenvalue weighted by Gasteiger charge is -2.15. The normalized spacial score (nSPS) is 11.3. The highest BCUT2D eigenvalue weighted by molar-refractivity contribution is 7.89.